The quantitative estimate of drug-likeness (QED) is 0.596. The number of carboxylic acids is 1. The molecule has 3 atom stereocenters. The third-order valence-corrected chi connectivity index (χ3v) is 5.66. The van der Waals surface area contributed by atoms with Crippen LogP contribution in [-0.4, -0.2) is 24.2 Å². The molecular formula is C21H18ClNO4. The molecule has 0 amide bonds. The molecule has 2 aromatic rings. The maximum atomic E-state index is 11.7. The lowest BCUT2D eigenvalue weighted by Gasteiger charge is -2.38. The summed E-state index contributed by atoms with van der Waals surface area (Å²) in [6.45, 7) is 0. The molecule has 2 N–H and O–H groups in total. The van der Waals surface area contributed by atoms with E-state index in [0.717, 1.165) is 23.2 Å². The molecular weight excluding hydrogens is 366 g/mol. The lowest BCUT2D eigenvalue weighted by atomic mass is 9.76. The number of methoxy groups -OCH3 is 1. The number of carbonyl (C=O) groups is 2. The molecule has 0 spiro atoms. The van der Waals surface area contributed by atoms with Gasteiger partial charge in [0, 0.05) is 5.92 Å². The Hall–Kier alpha value is -2.79. The molecule has 1 aliphatic heterocycles. The molecule has 6 heteroatoms. The van der Waals surface area contributed by atoms with Crippen LogP contribution in [0.4, 0.5) is 5.69 Å². The number of aromatic carboxylic acids is 1. The van der Waals surface area contributed by atoms with Crippen molar-refractivity contribution in [1.29, 1.82) is 0 Å². The largest absolute Gasteiger partial charge is 0.478 e. The number of fused-ring (bicyclic) bond motifs is 3. The summed E-state index contributed by atoms with van der Waals surface area (Å²) in [5.74, 6) is -1.00. The molecule has 27 heavy (non-hydrogen) atoms. The van der Waals surface area contributed by atoms with Gasteiger partial charge in [0.15, 0.2) is 0 Å². The molecule has 0 fully saturated rings. The Kier molecular flexibility index (Phi) is 4.40. The number of nitrogens with one attached hydrogen (secondary N) is 1. The monoisotopic (exact) mass is 383 g/mol. The van der Waals surface area contributed by atoms with Gasteiger partial charge < -0.3 is 15.2 Å². The van der Waals surface area contributed by atoms with Crippen molar-refractivity contribution >= 4 is 29.2 Å². The topological polar surface area (TPSA) is 75.6 Å². The van der Waals surface area contributed by atoms with Gasteiger partial charge in [0.25, 0.3) is 0 Å². The standard InChI is InChI=1S/C21H18ClNO4/c1-27-21(26)12-7-5-11(6-8-12)18-15-4-2-3-14(15)16-9-13(20(24)25)10-17(22)19(16)23-18/h2-3,5-10,14-15,18,23H,4H2,1H3,(H,24,25). The first-order valence-corrected chi connectivity index (χ1v) is 9.05. The first kappa shape index (κ1) is 17.6. The van der Waals surface area contributed by atoms with Gasteiger partial charge in [-0.2, -0.15) is 0 Å². The summed E-state index contributed by atoms with van der Waals surface area (Å²) in [6, 6.07) is 10.5. The van der Waals surface area contributed by atoms with Gasteiger partial charge in [0.1, 0.15) is 0 Å². The minimum absolute atomic E-state index is 0.0115. The highest BCUT2D eigenvalue weighted by Gasteiger charge is 2.39. The van der Waals surface area contributed by atoms with E-state index in [0.29, 0.717) is 10.6 Å². The number of halogens is 1. The van der Waals surface area contributed by atoms with Gasteiger partial charge in [-0.05, 0) is 47.7 Å². The van der Waals surface area contributed by atoms with Crippen molar-refractivity contribution in [1.82, 2.24) is 0 Å². The minimum atomic E-state index is -0.987. The van der Waals surface area contributed by atoms with Crippen LogP contribution < -0.4 is 5.32 Å². The fraction of sp³-hybridized carbons (Fsp3) is 0.238. The number of anilines is 1. The average Bonchev–Trinajstić information content (AvgIpc) is 3.17. The molecule has 138 valence electrons. The fourth-order valence-electron chi connectivity index (χ4n) is 4.05. The number of carbonyl (C=O) groups excluding carboxylic acids is 1. The highest BCUT2D eigenvalue weighted by Crippen LogP contribution is 2.51. The molecule has 4 rings (SSSR count). The van der Waals surface area contributed by atoms with E-state index in [9.17, 15) is 14.7 Å². The Morgan fingerprint density at radius 2 is 1.93 bits per heavy atom. The maximum Gasteiger partial charge on any atom is 0.337 e. The molecule has 5 nitrogen and oxygen atoms in total. The molecule has 0 aromatic heterocycles. The predicted octanol–water partition coefficient (Wildman–Crippen LogP) is 4.65. The van der Waals surface area contributed by atoms with Crippen LogP contribution in [0.15, 0.2) is 48.6 Å². The molecule has 0 saturated carbocycles. The summed E-state index contributed by atoms with van der Waals surface area (Å²) in [6.07, 6.45) is 5.14. The Labute approximate surface area is 161 Å². The zero-order chi connectivity index (χ0) is 19.1. The molecule has 0 radical (unpaired) electrons. The van der Waals surface area contributed by atoms with E-state index < -0.39 is 5.97 Å². The molecule has 1 heterocycles. The SMILES string of the molecule is COC(=O)c1ccc(C2Nc3c(Cl)cc(C(=O)O)cc3C3C=CCC32)cc1. The van der Waals surface area contributed by atoms with Gasteiger partial charge in [0.2, 0.25) is 0 Å². The number of allylic oxidation sites excluding steroid dienone is 2. The second-order valence-electron chi connectivity index (χ2n) is 6.82. The maximum absolute atomic E-state index is 11.7. The number of esters is 1. The number of rotatable bonds is 3. The molecule has 2 aliphatic rings. The van der Waals surface area contributed by atoms with Gasteiger partial charge in [-0.25, -0.2) is 9.59 Å². The van der Waals surface area contributed by atoms with E-state index in [2.05, 4.69) is 17.5 Å². The van der Waals surface area contributed by atoms with Gasteiger partial charge in [-0.3, -0.25) is 0 Å². The molecule has 2 aromatic carbocycles. The van der Waals surface area contributed by atoms with Gasteiger partial charge in [0.05, 0.1) is 35.0 Å². The third kappa shape index (κ3) is 2.98. The van der Waals surface area contributed by atoms with E-state index in [1.807, 2.05) is 12.1 Å². The van der Waals surface area contributed by atoms with E-state index in [-0.39, 0.29) is 29.4 Å². The highest BCUT2D eigenvalue weighted by atomic mass is 35.5. The summed E-state index contributed by atoms with van der Waals surface area (Å²) in [7, 11) is 1.36. The summed E-state index contributed by atoms with van der Waals surface area (Å²) in [4.78, 5) is 23.1. The van der Waals surface area contributed by atoms with Crippen LogP contribution >= 0.6 is 11.6 Å². The predicted molar refractivity (Wildman–Crippen MR) is 103 cm³/mol. The Balaban J connectivity index is 1.74. The van der Waals surface area contributed by atoms with Gasteiger partial charge >= 0.3 is 11.9 Å². The second-order valence-corrected chi connectivity index (χ2v) is 7.22. The average molecular weight is 384 g/mol. The number of hydrogen-bond donors (Lipinski definition) is 2. The van der Waals surface area contributed by atoms with E-state index >= 15 is 0 Å². The van der Waals surface area contributed by atoms with Crippen molar-refractivity contribution in [2.45, 2.75) is 18.4 Å². The van der Waals surface area contributed by atoms with E-state index in [4.69, 9.17) is 16.3 Å². The van der Waals surface area contributed by atoms with Crippen molar-refractivity contribution in [2.24, 2.45) is 5.92 Å². The second kappa shape index (κ2) is 6.74. The van der Waals surface area contributed by atoms with Crippen LogP contribution in [0.2, 0.25) is 5.02 Å². The molecule has 3 unspecified atom stereocenters. The summed E-state index contributed by atoms with van der Waals surface area (Å²) < 4.78 is 4.75. The number of carboxylic acid groups (broad SMARTS) is 1. The van der Waals surface area contributed by atoms with Crippen LogP contribution in [0.3, 0.4) is 0 Å². The van der Waals surface area contributed by atoms with E-state index in [1.54, 1.807) is 18.2 Å². The number of hydrogen-bond acceptors (Lipinski definition) is 4. The zero-order valence-electron chi connectivity index (χ0n) is 14.6. The zero-order valence-corrected chi connectivity index (χ0v) is 15.4. The molecule has 0 bridgehead atoms. The van der Waals surface area contributed by atoms with Gasteiger partial charge in [-0.15, -0.1) is 0 Å². The molecule has 1 aliphatic carbocycles. The van der Waals surface area contributed by atoms with Crippen LogP contribution in [-0.2, 0) is 4.74 Å². The van der Waals surface area contributed by atoms with Gasteiger partial charge in [-0.1, -0.05) is 35.9 Å². The highest BCUT2D eigenvalue weighted by molar-refractivity contribution is 6.33. The smallest absolute Gasteiger partial charge is 0.337 e. The molecule has 0 saturated heterocycles. The van der Waals surface area contributed by atoms with Crippen molar-refractivity contribution in [3.8, 4) is 0 Å². The normalized spacial score (nSPS) is 22.5. The minimum Gasteiger partial charge on any atom is -0.478 e. The fourth-order valence-corrected chi connectivity index (χ4v) is 4.33. The Bertz CT molecular complexity index is 951. The van der Waals surface area contributed by atoms with Crippen LogP contribution in [0.1, 0.15) is 50.2 Å². The summed E-state index contributed by atoms with van der Waals surface area (Å²) in [5, 5.41) is 13.2. The first-order valence-electron chi connectivity index (χ1n) is 8.68. The van der Waals surface area contributed by atoms with Crippen LogP contribution in [0, 0.1) is 5.92 Å². The lowest BCUT2D eigenvalue weighted by Crippen LogP contribution is -2.29. The lowest BCUT2D eigenvalue weighted by molar-refractivity contribution is 0.0599. The number of benzene rings is 2. The van der Waals surface area contributed by atoms with Crippen molar-refractivity contribution < 1.29 is 19.4 Å². The van der Waals surface area contributed by atoms with E-state index in [1.165, 1.54) is 13.2 Å². The van der Waals surface area contributed by atoms with Crippen molar-refractivity contribution in [2.75, 3.05) is 12.4 Å². The first-order chi connectivity index (χ1) is 13.0. The van der Waals surface area contributed by atoms with Crippen molar-refractivity contribution in [3.63, 3.8) is 0 Å². The third-order valence-electron chi connectivity index (χ3n) is 5.36. The summed E-state index contributed by atoms with van der Waals surface area (Å²) in [5.41, 5.74) is 3.44. The van der Waals surface area contributed by atoms with Crippen LogP contribution in [0.25, 0.3) is 0 Å². The number of ether oxygens (including phenoxy) is 1. The van der Waals surface area contributed by atoms with Crippen molar-refractivity contribution in [3.05, 3.63) is 75.8 Å². The Morgan fingerprint density at radius 3 is 2.59 bits per heavy atom. The van der Waals surface area contributed by atoms with Crippen LogP contribution in [0.5, 0.6) is 0 Å². The Morgan fingerprint density at radius 1 is 1.19 bits per heavy atom. The summed E-state index contributed by atoms with van der Waals surface area (Å²) >= 11 is 6.41.